The summed E-state index contributed by atoms with van der Waals surface area (Å²) >= 11 is 2.03. The lowest BCUT2D eigenvalue weighted by Gasteiger charge is -2.14. The summed E-state index contributed by atoms with van der Waals surface area (Å²) in [4.78, 5) is 25.1. The molecule has 1 amide bonds. The summed E-state index contributed by atoms with van der Waals surface area (Å²) < 4.78 is 36.6. The zero-order chi connectivity index (χ0) is 20.3. The second kappa shape index (κ2) is 8.41. The van der Waals surface area contributed by atoms with Crippen LogP contribution in [0.15, 0.2) is 48.5 Å². The Labute approximate surface area is 175 Å². The van der Waals surface area contributed by atoms with Gasteiger partial charge in [-0.05, 0) is 51.9 Å². The van der Waals surface area contributed by atoms with Crippen molar-refractivity contribution in [1.29, 1.82) is 0 Å². The summed E-state index contributed by atoms with van der Waals surface area (Å²) in [7, 11) is -4.19. The van der Waals surface area contributed by atoms with E-state index < -0.39 is 33.7 Å². The Morgan fingerprint density at radius 1 is 1.18 bits per heavy atom. The highest BCUT2D eigenvalue weighted by Gasteiger charge is 2.27. The molecule has 0 heterocycles. The van der Waals surface area contributed by atoms with Crippen molar-refractivity contribution in [2.45, 2.75) is 5.92 Å². The van der Waals surface area contributed by atoms with Gasteiger partial charge in [0.2, 0.25) is 0 Å². The van der Waals surface area contributed by atoms with Crippen molar-refractivity contribution >= 4 is 50.7 Å². The van der Waals surface area contributed by atoms with Crippen LogP contribution in [0.5, 0.6) is 5.75 Å². The van der Waals surface area contributed by atoms with Crippen molar-refractivity contribution in [3.8, 4) is 5.75 Å². The number of amides is 1. The molecule has 0 radical (unpaired) electrons. The number of halogens is 1. The van der Waals surface area contributed by atoms with Gasteiger partial charge < -0.3 is 10.1 Å². The minimum atomic E-state index is -4.19. The fourth-order valence-corrected chi connectivity index (χ4v) is 3.61. The number of nitrogens with one attached hydrogen (secondary N) is 1. The highest BCUT2D eigenvalue weighted by Crippen LogP contribution is 2.32. The summed E-state index contributed by atoms with van der Waals surface area (Å²) in [5, 5.41) is 2.39. The minimum absolute atomic E-state index is 0.0824. The molecule has 0 saturated carbocycles. The minimum Gasteiger partial charge on any atom is -0.425 e. The highest BCUT2D eigenvalue weighted by molar-refractivity contribution is 14.1. The number of benzene rings is 2. The molecule has 0 saturated heterocycles. The first-order valence-corrected chi connectivity index (χ1v) is 10.9. The van der Waals surface area contributed by atoms with E-state index in [-0.39, 0.29) is 17.9 Å². The maximum Gasteiger partial charge on any atom is 0.322 e. The Bertz CT molecular complexity index is 1060. The number of hydrogen-bond acceptors (Lipinski definition) is 5. The van der Waals surface area contributed by atoms with Gasteiger partial charge in [-0.25, -0.2) is 0 Å². The lowest BCUT2D eigenvalue weighted by molar-refractivity contribution is -0.134. The van der Waals surface area contributed by atoms with Gasteiger partial charge in [-0.2, -0.15) is 8.42 Å². The summed E-state index contributed by atoms with van der Waals surface area (Å²) in [5.74, 6) is -2.22. The van der Waals surface area contributed by atoms with Crippen LogP contribution in [0.1, 0.15) is 27.4 Å². The van der Waals surface area contributed by atoms with Crippen molar-refractivity contribution in [3.63, 3.8) is 0 Å². The second-order valence-corrected chi connectivity index (χ2v) is 8.89. The van der Waals surface area contributed by atoms with Gasteiger partial charge in [-0.15, -0.1) is 0 Å². The Balaban J connectivity index is 1.77. The molecule has 2 N–H and O–H groups in total. The summed E-state index contributed by atoms with van der Waals surface area (Å²) in [6.07, 6.45) is 3.59. The molecule has 28 heavy (non-hydrogen) atoms. The third-order valence-corrected chi connectivity index (χ3v) is 5.49. The second-order valence-electron chi connectivity index (χ2n) is 6.07. The van der Waals surface area contributed by atoms with Gasteiger partial charge in [0.05, 0.1) is 11.3 Å². The van der Waals surface area contributed by atoms with Crippen LogP contribution < -0.4 is 10.1 Å². The summed E-state index contributed by atoms with van der Waals surface area (Å²) in [6.45, 7) is -0.268. The van der Waals surface area contributed by atoms with E-state index in [1.54, 1.807) is 18.2 Å². The Kier molecular flexibility index (Phi) is 6.16. The predicted octanol–water partition coefficient (Wildman–Crippen LogP) is 2.62. The molecule has 1 atom stereocenters. The molecule has 0 aromatic heterocycles. The topological polar surface area (TPSA) is 110 Å². The molecule has 146 valence electrons. The van der Waals surface area contributed by atoms with E-state index >= 15 is 0 Å². The molecule has 7 nitrogen and oxygen atoms in total. The average molecular weight is 513 g/mol. The predicted molar refractivity (Wildman–Crippen MR) is 112 cm³/mol. The molecule has 0 fully saturated rings. The van der Waals surface area contributed by atoms with Gasteiger partial charge in [0, 0.05) is 10.1 Å². The van der Waals surface area contributed by atoms with Crippen LogP contribution in [-0.2, 0) is 14.9 Å². The molecular formula is C19H16INO6S. The van der Waals surface area contributed by atoms with Crippen LogP contribution in [0.2, 0.25) is 0 Å². The molecule has 2 aromatic rings. The van der Waals surface area contributed by atoms with Crippen molar-refractivity contribution in [2.75, 3.05) is 12.3 Å². The Morgan fingerprint density at radius 3 is 2.68 bits per heavy atom. The molecule has 1 aliphatic rings. The highest BCUT2D eigenvalue weighted by atomic mass is 127. The van der Waals surface area contributed by atoms with Crippen molar-refractivity contribution in [2.24, 2.45) is 0 Å². The van der Waals surface area contributed by atoms with E-state index in [1.807, 2.05) is 52.9 Å². The van der Waals surface area contributed by atoms with E-state index in [0.717, 1.165) is 14.7 Å². The summed E-state index contributed by atoms with van der Waals surface area (Å²) in [6, 6.07) is 12.2. The first-order chi connectivity index (χ1) is 13.2. The monoisotopic (exact) mass is 513 g/mol. The van der Waals surface area contributed by atoms with Crippen molar-refractivity contribution in [1.82, 2.24) is 5.32 Å². The van der Waals surface area contributed by atoms with Gasteiger partial charge in [0.1, 0.15) is 11.7 Å². The number of fused-ring (bicyclic) bond motifs is 1. The zero-order valence-corrected chi connectivity index (χ0v) is 17.4. The maximum absolute atomic E-state index is 12.7. The molecule has 3 rings (SSSR count). The van der Waals surface area contributed by atoms with Crippen LogP contribution >= 0.6 is 22.6 Å². The van der Waals surface area contributed by atoms with E-state index in [9.17, 15) is 18.0 Å². The van der Waals surface area contributed by atoms with Crippen LogP contribution in [0.25, 0.3) is 6.08 Å². The largest absolute Gasteiger partial charge is 0.425 e. The lowest BCUT2D eigenvalue weighted by atomic mass is 10.0. The van der Waals surface area contributed by atoms with Gasteiger partial charge >= 0.3 is 5.97 Å². The van der Waals surface area contributed by atoms with Crippen LogP contribution in [0, 0.1) is 3.57 Å². The van der Waals surface area contributed by atoms with Gasteiger partial charge in [0.15, 0.2) is 0 Å². The first-order valence-electron chi connectivity index (χ1n) is 8.26. The number of hydrogen-bond donors (Lipinski definition) is 2. The van der Waals surface area contributed by atoms with Gasteiger partial charge in [-0.3, -0.25) is 14.1 Å². The fourth-order valence-electron chi connectivity index (χ4n) is 2.78. The van der Waals surface area contributed by atoms with E-state index in [2.05, 4.69) is 5.32 Å². The maximum atomic E-state index is 12.7. The summed E-state index contributed by atoms with van der Waals surface area (Å²) in [5.41, 5.74) is 1.87. The molecule has 0 aliphatic heterocycles. The molecule has 9 heteroatoms. The lowest BCUT2D eigenvalue weighted by Crippen LogP contribution is -2.29. The third kappa shape index (κ3) is 4.97. The third-order valence-electron chi connectivity index (χ3n) is 4.10. The smallest absolute Gasteiger partial charge is 0.322 e. The van der Waals surface area contributed by atoms with E-state index in [0.29, 0.717) is 0 Å². The number of carbonyl (C=O) groups is 2. The Morgan fingerprint density at radius 2 is 1.93 bits per heavy atom. The molecule has 2 aromatic carbocycles. The zero-order valence-electron chi connectivity index (χ0n) is 14.5. The quantitative estimate of drug-likeness (QED) is 0.266. The standard InChI is InChI=1S/C19H16INO6S/c20-13-6-8-16(18(22)21-9-10-28(24,25)26)17(11-13)27-19(23)15-7-5-12-3-1-2-4-14(12)15/h1-8,11,15H,9-10H2,(H,21,22)(H,24,25,26). The number of ether oxygens (including phenoxy) is 1. The molecular weight excluding hydrogens is 497 g/mol. The number of rotatable bonds is 6. The molecule has 1 unspecified atom stereocenters. The van der Waals surface area contributed by atoms with Crippen LogP contribution in [-0.4, -0.2) is 37.1 Å². The van der Waals surface area contributed by atoms with Crippen LogP contribution in [0.3, 0.4) is 0 Å². The normalized spacial score (nSPS) is 15.1. The molecule has 1 aliphatic carbocycles. The fraction of sp³-hybridized carbons (Fsp3) is 0.158. The first kappa shape index (κ1) is 20.5. The van der Waals surface area contributed by atoms with Crippen molar-refractivity contribution < 1.29 is 27.3 Å². The SMILES string of the molecule is O=C(NCCS(=O)(=O)O)c1ccc(I)cc1OC(=O)C1C=Cc2ccccc21. The van der Waals surface area contributed by atoms with Gasteiger partial charge in [-0.1, -0.05) is 36.4 Å². The number of esters is 1. The van der Waals surface area contributed by atoms with Crippen LogP contribution in [0.4, 0.5) is 0 Å². The van der Waals surface area contributed by atoms with E-state index in [1.165, 1.54) is 6.07 Å². The number of carbonyl (C=O) groups excluding carboxylic acids is 2. The Hall–Kier alpha value is -2.24. The van der Waals surface area contributed by atoms with E-state index in [4.69, 9.17) is 9.29 Å². The average Bonchev–Trinajstić information content (AvgIpc) is 3.05. The molecule has 0 spiro atoms. The molecule has 0 bridgehead atoms. The van der Waals surface area contributed by atoms with Gasteiger partial charge in [0.25, 0.3) is 16.0 Å². The van der Waals surface area contributed by atoms with Crippen molar-refractivity contribution in [3.05, 3.63) is 68.8 Å².